The number of carbonyl (C=O) groups is 1. The predicted molar refractivity (Wildman–Crippen MR) is 70.9 cm³/mol. The van der Waals surface area contributed by atoms with E-state index in [9.17, 15) is 4.79 Å². The summed E-state index contributed by atoms with van der Waals surface area (Å²) in [6, 6.07) is 0. The van der Waals surface area contributed by atoms with Crippen molar-refractivity contribution >= 4 is 29.0 Å². The van der Waals surface area contributed by atoms with Gasteiger partial charge in [-0.2, -0.15) is 5.10 Å². The number of nitrogens with zero attached hydrogens (tertiary/aromatic N) is 4. The molecule has 0 radical (unpaired) electrons. The third kappa shape index (κ3) is 3.54. The maximum Gasteiger partial charge on any atom is 0.270 e. The van der Waals surface area contributed by atoms with Gasteiger partial charge in [-0.3, -0.25) is 9.48 Å². The van der Waals surface area contributed by atoms with Gasteiger partial charge in [0.15, 0.2) is 0 Å². The van der Waals surface area contributed by atoms with Crippen LogP contribution in [0, 0.1) is 0 Å². The van der Waals surface area contributed by atoms with Crippen LogP contribution in [0.4, 0.5) is 0 Å². The van der Waals surface area contributed by atoms with Crippen LogP contribution in [-0.4, -0.2) is 38.5 Å². The Morgan fingerprint density at radius 1 is 1.61 bits per heavy atom. The Labute approximate surface area is 113 Å². The SMILES string of the molecule is CSc1nc(C(=O)NCCCn2cncn2)cs1. The van der Waals surface area contributed by atoms with Crippen molar-refractivity contribution in [2.75, 3.05) is 12.8 Å². The van der Waals surface area contributed by atoms with Crippen molar-refractivity contribution in [3.63, 3.8) is 0 Å². The number of amides is 1. The summed E-state index contributed by atoms with van der Waals surface area (Å²) < 4.78 is 2.64. The van der Waals surface area contributed by atoms with E-state index in [4.69, 9.17) is 0 Å². The van der Waals surface area contributed by atoms with Crippen LogP contribution in [0.1, 0.15) is 16.9 Å². The van der Waals surface area contributed by atoms with E-state index in [1.54, 1.807) is 28.2 Å². The van der Waals surface area contributed by atoms with Gasteiger partial charge in [0.05, 0.1) is 0 Å². The number of thiazole rings is 1. The quantitative estimate of drug-likeness (QED) is 0.638. The molecule has 0 aliphatic rings. The molecule has 0 aromatic carbocycles. The van der Waals surface area contributed by atoms with Gasteiger partial charge in [-0.1, -0.05) is 11.8 Å². The largest absolute Gasteiger partial charge is 0.351 e. The first-order valence-corrected chi connectivity index (χ1v) is 7.50. The van der Waals surface area contributed by atoms with E-state index < -0.39 is 0 Å². The van der Waals surface area contributed by atoms with E-state index >= 15 is 0 Å². The molecular formula is C10H13N5OS2. The summed E-state index contributed by atoms with van der Waals surface area (Å²) in [6.07, 6.45) is 5.91. The van der Waals surface area contributed by atoms with Crippen LogP contribution in [-0.2, 0) is 6.54 Å². The van der Waals surface area contributed by atoms with Crippen molar-refractivity contribution in [3.8, 4) is 0 Å². The molecule has 2 aromatic rings. The highest BCUT2D eigenvalue weighted by Gasteiger charge is 2.09. The number of carbonyl (C=O) groups excluding carboxylic acids is 1. The number of nitrogens with one attached hydrogen (secondary N) is 1. The normalized spacial score (nSPS) is 10.5. The summed E-state index contributed by atoms with van der Waals surface area (Å²) in [5, 5.41) is 8.59. The smallest absolute Gasteiger partial charge is 0.270 e. The zero-order valence-corrected chi connectivity index (χ0v) is 11.5. The number of rotatable bonds is 6. The first kappa shape index (κ1) is 13.0. The Balaban J connectivity index is 1.71. The van der Waals surface area contributed by atoms with Crippen LogP contribution in [0.15, 0.2) is 22.4 Å². The van der Waals surface area contributed by atoms with Gasteiger partial charge in [-0.15, -0.1) is 11.3 Å². The highest BCUT2D eigenvalue weighted by Crippen LogP contribution is 2.19. The molecule has 0 aliphatic carbocycles. The molecule has 96 valence electrons. The topological polar surface area (TPSA) is 72.7 Å². The average Bonchev–Trinajstić information content (AvgIpc) is 3.05. The minimum absolute atomic E-state index is 0.120. The molecule has 1 amide bonds. The molecule has 0 saturated heterocycles. The summed E-state index contributed by atoms with van der Waals surface area (Å²) in [7, 11) is 0. The monoisotopic (exact) mass is 283 g/mol. The lowest BCUT2D eigenvalue weighted by molar-refractivity contribution is 0.0948. The summed E-state index contributed by atoms with van der Waals surface area (Å²) in [4.78, 5) is 19.8. The van der Waals surface area contributed by atoms with Crippen molar-refractivity contribution in [1.82, 2.24) is 25.1 Å². The van der Waals surface area contributed by atoms with E-state index in [1.807, 2.05) is 6.26 Å². The molecule has 2 rings (SSSR count). The Kier molecular flexibility index (Phi) is 4.71. The summed E-state index contributed by atoms with van der Waals surface area (Å²) in [5.41, 5.74) is 0.491. The molecule has 0 atom stereocenters. The molecule has 0 fully saturated rings. The molecule has 6 nitrogen and oxygen atoms in total. The Bertz CT molecular complexity index is 496. The molecule has 8 heteroatoms. The fourth-order valence-corrected chi connectivity index (χ4v) is 2.58. The zero-order chi connectivity index (χ0) is 12.8. The van der Waals surface area contributed by atoms with Crippen LogP contribution in [0.3, 0.4) is 0 Å². The van der Waals surface area contributed by atoms with Gasteiger partial charge in [-0.25, -0.2) is 9.97 Å². The minimum atomic E-state index is -0.120. The second-order valence-corrected chi connectivity index (χ2v) is 5.38. The molecule has 2 heterocycles. The third-order valence-electron chi connectivity index (χ3n) is 2.21. The number of thioether (sulfide) groups is 1. The predicted octanol–water partition coefficient (Wildman–Crippen LogP) is 1.28. The molecule has 0 unspecified atom stereocenters. The van der Waals surface area contributed by atoms with Crippen molar-refractivity contribution in [2.45, 2.75) is 17.3 Å². The second-order valence-electron chi connectivity index (χ2n) is 3.47. The summed E-state index contributed by atoms with van der Waals surface area (Å²) >= 11 is 3.03. The molecule has 1 N–H and O–H groups in total. The Morgan fingerprint density at radius 3 is 3.17 bits per heavy atom. The lowest BCUT2D eigenvalue weighted by Gasteiger charge is -2.03. The van der Waals surface area contributed by atoms with Gasteiger partial charge in [0.25, 0.3) is 5.91 Å². The second kappa shape index (κ2) is 6.50. The van der Waals surface area contributed by atoms with Gasteiger partial charge in [-0.05, 0) is 12.7 Å². The number of hydrogen-bond acceptors (Lipinski definition) is 6. The van der Waals surface area contributed by atoms with Gasteiger partial charge < -0.3 is 5.32 Å². The number of hydrogen-bond donors (Lipinski definition) is 1. The van der Waals surface area contributed by atoms with E-state index in [0.29, 0.717) is 12.2 Å². The first-order valence-electron chi connectivity index (χ1n) is 5.39. The van der Waals surface area contributed by atoms with Crippen molar-refractivity contribution in [3.05, 3.63) is 23.7 Å². The standard InChI is InChI=1S/C10H13N5OS2/c1-17-10-14-8(5-18-10)9(16)12-3-2-4-15-7-11-6-13-15/h5-7H,2-4H2,1H3,(H,12,16). The van der Waals surface area contributed by atoms with Crippen molar-refractivity contribution in [2.24, 2.45) is 0 Å². The van der Waals surface area contributed by atoms with Gasteiger partial charge in [0.1, 0.15) is 22.7 Å². The van der Waals surface area contributed by atoms with Crippen molar-refractivity contribution < 1.29 is 4.79 Å². The fourth-order valence-electron chi connectivity index (χ4n) is 1.34. The molecule has 18 heavy (non-hydrogen) atoms. The van der Waals surface area contributed by atoms with Gasteiger partial charge in [0, 0.05) is 18.5 Å². The first-order chi connectivity index (χ1) is 8.79. The molecule has 0 spiro atoms. The number of aryl methyl sites for hydroxylation is 1. The van der Waals surface area contributed by atoms with Crippen LogP contribution < -0.4 is 5.32 Å². The number of aromatic nitrogens is 4. The van der Waals surface area contributed by atoms with E-state index in [2.05, 4.69) is 20.4 Å². The Hall–Kier alpha value is -1.41. The molecule has 2 aromatic heterocycles. The van der Waals surface area contributed by atoms with E-state index in [1.165, 1.54) is 17.7 Å². The van der Waals surface area contributed by atoms with Crippen LogP contribution >= 0.6 is 23.1 Å². The summed E-state index contributed by atoms with van der Waals surface area (Å²) in [6.45, 7) is 1.35. The summed E-state index contributed by atoms with van der Waals surface area (Å²) in [5.74, 6) is -0.120. The molecular weight excluding hydrogens is 270 g/mol. The Morgan fingerprint density at radius 2 is 2.50 bits per heavy atom. The lowest BCUT2D eigenvalue weighted by atomic mass is 10.4. The zero-order valence-electron chi connectivity index (χ0n) is 9.87. The highest BCUT2D eigenvalue weighted by atomic mass is 32.2. The fraction of sp³-hybridized carbons (Fsp3) is 0.400. The lowest BCUT2D eigenvalue weighted by Crippen LogP contribution is -2.25. The van der Waals surface area contributed by atoms with Gasteiger partial charge in [0.2, 0.25) is 0 Å². The maximum atomic E-state index is 11.7. The molecule has 0 saturated carbocycles. The van der Waals surface area contributed by atoms with Crippen LogP contribution in [0.25, 0.3) is 0 Å². The van der Waals surface area contributed by atoms with Crippen LogP contribution in [0.2, 0.25) is 0 Å². The molecule has 0 aliphatic heterocycles. The van der Waals surface area contributed by atoms with Crippen LogP contribution in [0.5, 0.6) is 0 Å². The molecule has 0 bridgehead atoms. The van der Waals surface area contributed by atoms with Crippen molar-refractivity contribution in [1.29, 1.82) is 0 Å². The highest BCUT2D eigenvalue weighted by molar-refractivity contribution is 8.00. The van der Waals surface area contributed by atoms with Gasteiger partial charge >= 0.3 is 0 Å². The van der Waals surface area contributed by atoms with E-state index in [-0.39, 0.29) is 5.91 Å². The minimum Gasteiger partial charge on any atom is -0.351 e. The average molecular weight is 283 g/mol. The maximum absolute atomic E-state index is 11.7. The van der Waals surface area contributed by atoms with E-state index in [0.717, 1.165) is 17.3 Å². The third-order valence-corrected chi connectivity index (χ3v) is 4.07.